The lowest BCUT2D eigenvalue weighted by molar-refractivity contribution is -0.119. The van der Waals surface area contributed by atoms with Crippen LogP contribution in [0.3, 0.4) is 0 Å². The van der Waals surface area contributed by atoms with Crippen LogP contribution in [0.25, 0.3) is 0 Å². The van der Waals surface area contributed by atoms with Gasteiger partial charge in [0.2, 0.25) is 5.91 Å². The molecule has 222 valence electrons. The van der Waals surface area contributed by atoms with E-state index in [9.17, 15) is 4.79 Å². The van der Waals surface area contributed by atoms with Crippen LogP contribution in [0.5, 0.6) is 11.5 Å². The molecule has 3 aromatic rings. The normalized spacial score (nSPS) is 16.9. The molecule has 10 nitrogen and oxygen atoms in total. The average Bonchev–Trinajstić information content (AvgIpc) is 2.98. The van der Waals surface area contributed by atoms with Gasteiger partial charge in [-0.25, -0.2) is 9.97 Å². The number of fused-ring (bicyclic) bond motifs is 1. The number of anilines is 2. The number of ether oxygens (including phenoxy) is 1. The number of hydrogen-bond acceptors (Lipinski definition) is 9. The highest BCUT2D eigenvalue weighted by molar-refractivity contribution is 6.30. The van der Waals surface area contributed by atoms with Crippen LogP contribution in [0.4, 0.5) is 11.5 Å². The van der Waals surface area contributed by atoms with Gasteiger partial charge in [-0.2, -0.15) is 0 Å². The summed E-state index contributed by atoms with van der Waals surface area (Å²) >= 11 is 6.11. The number of carbonyl (C=O) groups is 1. The number of halogens is 1. The Labute approximate surface area is 252 Å². The fourth-order valence-corrected chi connectivity index (χ4v) is 5.38. The van der Waals surface area contributed by atoms with E-state index in [2.05, 4.69) is 25.7 Å². The van der Waals surface area contributed by atoms with Crippen molar-refractivity contribution in [3.05, 3.63) is 71.1 Å². The van der Waals surface area contributed by atoms with Gasteiger partial charge in [0, 0.05) is 74.1 Å². The summed E-state index contributed by atoms with van der Waals surface area (Å²) in [5.74, 6) is 2.85. The Morgan fingerprint density at radius 2 is 1.90 bits per heavy atom. The van der Waals surface area contributed by atoms with Gasteiger partial charge < -0.3 is 30.0 Å². The molecule has 0 spiro atoms. The molecule has 0 bridgehead atoms. The number of amides is 1. The third-order valence-electron chi connectivity index (χ3n) is 7.33. The van der Waals surface area contributed by atoms with E-state index < -0.39 is 0 Å². The standard InChI is InChI=1S/C31H38ClN7O3/c1-3-41-37-24-10-14-38(15-11-24)17-13-33-30(40)21-39-16-12-29(28-20-34-22(2)35-31(28)39)36-25-7-5-9-27(19-25)42-26-8-4-6-23(32)18-26/h4-9,18-20,29,36H,3,10-17,21H2,1-2H3,(H,33,40). The fraction of sp³-hybridized carbons (Fsp3) is 0.419. The van der Waals surface area contributed by atoms with Crippen molar-refractivity contribution in [2.24, 2.45) is 5.16 Å². The van der Waals surface area contributed by atoms with Crippen LogP contribution in [0, 0.1) is 6.92 Å². The van der Waals surface area contributed by atoms with Crippen molar-refractivity contribution < 1.29 is 14.4 Å². The first-order valence-electron chi connectivity index (χ1n) is 14.5. The number of rotatable bonds is 11. The Morgan fingerprint density at radius 1 is 1.12 bits per heavy atom. The number of benzene rings is 2. The molecule has 11 heteroatoms. The van der Waals surface area contributed by atoms with E-state index in [0.29, 0.717) is 42.0 Å². The summed E-state index contributed by atoms with van der Waals surface area (Å²) in [6, 6.07) is 15.2. The molecule has 1 amide bonds. The molecule has 2 aliphatic heterocycles. The summed E-state index contributed by atoms with van der Waals surface area (Å²) < 4.78 is 6.01. The van der Waals surface area contributed by atoms with Gasteiger partial charge in [0.1, 0.15) is 29.7 Å². The number of likely N-dealkylation sites (tertiary alicyclic amines) is 1. The molecule has 5 rings (SSSR count). The van der Waals surface area contributed by atoms with Crippen LogP contribution in [-0.2, 0) is 9.63 Å². The number of aryl methyl sites for hydroxylation is 1. The van der Waals surface area contributed by atoms with E-state index in [1.807, 2.05) is 67.4 Å². The van der Waals surface area contributed by atoms with Gasteiger partial charge in [-0.3, -0.25) is 4.79 Å². The maximum atomic E-state index is 12.9. The van der Waals surface area contributed by atoms with Gasteiger partial charge >= 0.3 is 0 Å². The quantitative estimate of drug-likeness (QED) is 0.293. The lowest BCUT2D eigenvalue weighted by Gasteiger charge is -2.35. The van der Waals surface area contributed by atoms with Gasteiger partial charge in [-0.1, -0.05) is 28.9 Å². The minimum Gasteiger partial charge on any atom is -0.457 e. The van der Waals surface area contributed by atoms with Crippen LogP contribution in [0.2, 0.25) is 5.02 Å². The summed E-state index contributed by atoms with van der Waals surface area (Å²) in [5.41, 5.74) is 3.01. The highest BCUT2D eigenvalue weighted by Gasteiger charge is 2.28. The Bertz CT molecular complexity index is 1390. The SMILES string of the molecule is CCON=C1CCN(CCNC(=O)CN2CCC(Nc3cccc(Oc4cccc(Cl)c4)c3)c3cnc(C)nc32)CC1. The first kappa shape index (κ1) is 29.6. The average molecular weight is 592 g/mol. The minimum atomic E-state index is -0.00917. The fourth-order valence-electron chi connectivity index (χ4n) is 5.20. The predicted octanol–water partition coefficient (Wildman–Crippen LogP) is 5.20. The van der Waals surface area contributed by atoms with Gasteiger partial charge in [0.25, 0.3) is 0 Å². The predicted molar refractivity (Wildman–Crippen MR) is 166 cm³/mol. The molecular formula is C31H38ClN7O3. The molecule has 0 aliphatic carbocycles. The van der Waals surface area contributed by atoms with Crippen molar-refractivity contribution in [2.45, 2.75) is 39.2 Å². The molecule has 3 heterocycles. The largest absolute Gasteiger partial charge is 0.457 e. The summed E-state index contributed by atoms with van der Waals surface area (Å²) in [7, 11) is 0. The number of piperidine rings is 1. The Kier molecular flexibility index (Phi) is 10.1. The molecule has 1 saturated heterocycles. The van der Waals surface area contributed by atoms with Crippen molar-refractivity contribution in [2.75, 3.05) is 56.1 Å². The molecular weight excluding hydrogens is 554 g/mol. The van der Waals surface area contributed by atoms with E-state index in [1.54, 1.807) is 6.07 Å². The number of carbonyl (C=O) groups excluding carboxylic acids is 1. The third-order valence-corrected chi connectivity index (χ3v) is 7.56. The van der Waals surface area contributed by atoms with Crippen molar-refractivity contribution in [3.8, 4) is 11.5 Å². The zero-order valence-corrected chi connectivity index (χ0v) is 24.9. The highest BCUT2D eigenvalue weighted by atomic mass is 35.5. The topological polar surface area (TPSA) is 104 Å². The van der Waals surface area contributed by atoms with Crippen molar-refractivity contribution >= 4 is 34.7 Å². The maximum absolute atomic E-state index is 12.9. The maximum Gasteiger partial charge on any atom is 0.239 e. The summed E-state index contributed by atoms with van der Waals surface area (Å²) in [6.45, 7) is 8.64. The number of oxime groups is 1. The number of hydrogen-bond donors (Lipinski definition) is 2. The van der Waals surface area contributed by atoms with Gasteiger partial charge in [0.05, 0.1) is 18.3 Å². The van der Waals surface area contributed by atoms with Gasteiger partial charge in [-0.05, 0) is 50.6 Å². The van der Waals surface area contributed by atoms with Gasteiger partial charge in [-0.15, -0.1) is 0 Å². The summed E-state index contributed by atoms with van der Waals surface area (Å²) in [6.07, 6.45) is 4.48. The lowest BCUT2D eigenvalue weighted by atomic mass is 10.00. The van der Waals surface area contributed by atoms with Crippen molar-refractivity contribution in [1.29, 1.82) is 0 Å². The van der Waals surface area contributed by atoms with E-state index in [4.69, 9.17) is 26.2 Å². The van der Waals surface area contributed by atoms with Crippen LogP contribution in [0.15, 0.2) is 59.9 Å². The van der Waals surface area contributed by atoms with Crippen LogP contribution in [0.1, 0.15) is 43.6 Å². The molecule has 1 unspecified atom stereocenters. The van der Waals surface area contributed by atoms with E-state index in [0.717, 1.165) is 61.7 Å². The van der Waals surface area contributed by atoms with Gasteiger partial charge in [0.15, 0.2) is 0 Å². The zero-order valence-electron chi connectivity index (χ0n) is 24.2. The second kappa shape index (κ2) is 14.3. The number of aromatic nitrogens is 2. The van der Waals surface area contributed by atoms with Crippen molar-refractivity contribution in [1.82, 2.24) is 20.2 Å². The van der Waals surface area contributed by atoms with Crippen LogP contribution in [-0.4, -0.2) is 72.4 Å². The lowest BCUT2D eigenvalue weighted by Crippen LogP contribution is -2.44. The Hall–Kier alpha value is -3.89. The molecule has 1 fully saturated rings. The Balaban J connectivity index is 1.16. The highest BCUT2D eigenvalue weighted by Crippen LogP contribution is 2.35. The number of nitrogens with zero attached hydrogens (tertiary/aromatic N) is 5. The molecule has 2 aromatic carbocycles. The molecule has 1 aromatic heterocycles. The molecule has 0 radical (unpaired) electrons. The molecule has 1 atom stereocenters. The van der Waals surface area contributed by atoms with Crippen LogP contribution >= 0.6 is 11.6 Å². The van der Waals surface area contributed by atoms with Crippen molar-refractivity contribution in [3.63, 3.8) is 0 Å². The van der Waals surface area contributed by atoms with E-state index >= 15 is 0 Å². The number of nitrogens with one attached hydrogen (secondary N) is 2. The monoisotopic (exact) mass is 591 g/mol. The van der Waals surface area contributed by atoms with Crippen LogP contribution < -0.4 is 20.3 Å². The first-order valence-corrected chi connectivity index (χ1v) is 14.9. The summed E-state index contributed by atoms with van der Waals surface area (Å²) in [5, 5.41) is 11.5. The second-order valence-electron chi connectivity index (χ2n) is 10.5. The minimum absolute atomic E-state index is 0.00316. The molecule has 42 heavy (non-hydrogen) atoms. The second-order valence-corrected chi connectivity index (χ2v) is 10.9. The molecule has 2 N–H and O–H groups in total. The smallest absolute Gasteiger partial charge is 0.239 e. The molecule has 0 saturated carbocycles. The van der Waals surface area contributed by atoms with E-state index in [1.165, 1.54) is 0 Å². The zero-order chi connectivity index (χ0) is 29.3. The van der Waals surface area contributed by atoms with E-state index in [-0.39, 0.29) is 18.5 Å². The third kappa shape index (κ3) is 8.10. The summed E-state index contributed by atoms with van der Waals surface area (Å²) in [4.78, 5) is 31.7. The Morgan fingerprint density at radius 3 is 2.69 bits per heavy atom. The molecule has 2 aliphatic rings. The first-order chi connectivity index (χ1) is 20.5.